The highest BCUT2D eigenvalue weighted by atomic mass is 32.2. The Kier molecular flexibility index (Phi) is 5.07. The van der Waals surface area contributed by atoms with Gasteiger partial charge in [-0.25, -0.2) is 4.68 Å². The van der Waals surface area contributed by atoms with Crippen LogP contribution >= 0.6 is 0 Å². The topological polar surface area (TPSA) is 61.7 Å². The molecule has 3 aliphatic heterocycles. The van der Waals surface area contributed by atoms with E-state index in [0.29, 0.717) is 19.0 Å². The van der Waals surface area contributed by atoms with E-state index >= 15 is 0 Å². The monoisotopic (exact) mass is 389 g/mol. The van der Waals surface area contributed by atoms with Gasteiger partial charge in [-0.2, -0.15) is 22.1 Å². The van der Waals surface area contributed by atoms with Crippen LogP contribution in [0.5, 0.6) is 0 Å². The summed E-state index contributed by atoms with van der Waals surface area (Å²) in [5.41, 5.74) is 2.30. The van der Waals surface area contributed by atoms with E-state index in [-0.39, 0.29) is 6.04 Å². The van der Waals surface area contributed by atoms with Crippen molar-refractivity contribution in [2.24, 2.45) is 5.92 Å². The zero-order chi connectivity index (χ0) is 19.0. The first-order valence-electron chi connectivity index (χ1n) is 9.44. The van der Waals surface area contributed by atoms with Gasteiger partial charge in [-0.15, -0.1) is 0 Å². The first-order chi connectivity index (χ1) is 12.9. The number of nitrogens with zero attached hydrogens (tertiary/aromatic N) is 5. The largest absolute Gasteiger partial charge is 0.294 e. The van der Waals surface area contributed by atoms with Crippen molar-refractivity contribution >= 4 is 10.2 Å². The normalized spacial score (nSPS) is 24.4. The summed E-state index contributed by atoms with van der Waals surface area (Å²) in [7, 11) is -0.122. The number of hydrogen-bond acceptors (Lipinski definition) is 4. The SMILES string of the molecule is CN(C)S(=O)(=O)N1C[C@H]2CC[C@@H](C1)N(Cc1ccc(-n3cccn3)cc1)C2. The van der Waals surface area contributed by atoms with E-state index in [1.165, 1.54) is 9.87 Å². The van der Waals surface area contributed by atoms with Gasteiger partial charge in [0.05, 0.1) is 5.69 Å². The quantitative estimate of drug-likeness (QED) is 0.779. The molecule has 1 aromatic heterocycles. The lowest BCUT2D eigenvalue weighted by atomic mass is 9.94. The number of piperidine rings is 1. The van der Waals surface area contributed by atoms with Gasteiger partial charge in [0.2, 0.25) is 0 Å². The molecule has 5 rings (SSSR count). The molecule has 0 radical (unpaired) electrons. The van der Waals surface area contributed by atoms with Gasteiger partial charge in [0.15, 0.2) is 0 Å². The molecule has 0 amide bonds. The van der Waals surface area contributed by atoms with Crippen molar-refractivity contribution in [1.82, 2.24) is 23.3 Å². The Hall–Kier alpha value is -1.74. The molecular formula is C19H27N5O2S. The van der Waals surface area contributed by atoms with Gasteiger partial charge in [0.1, 0.15) is 0 Å². The second-order valence-corrected chi connectivity index (χ2v) is 9.89. The maximum atomic E-state index is 12.6. The molecule has 2 aromatic rings. The van der Waals surface area contributed by atoms with Crippen molar-refractivity contribution in [3.05, 3.63) is 48.3 Å². The van der Waals surface area contributed by atoms with Crippen LogP contribution in [-0.2, 0) is 16.8 Å². The van der Waals surface area contributed by atoms with Crippen LogP contribution in [0.2, 0.25) is 0 Å². The summed E-state index contributed by atoms with van der Waals surface area (Å²) >= 11 is 0. The van der Waals surface area contributed by atoms with E-state index < -0.39 is 10.2 Å². The van der Waals surface area contributed by atoms with Crippen LogP contribution in [0.25, 0.3) is 5.69 Å². The molecule has 0 N–H and O–H groups in total. The Morgan fingerprint density at radius 3 is 2.56 bits per heavy atom. The third-order valence-corrected chi connectivity index (χ3v) is 7.55. The van der Waals surface area contributed by atoms with Gasteiger partial charge in [-0.1, -0.05) is 12.1 Å². The van der Waals surface area contributed by atoms with Gasteiger partial charge < -0.3 is 0 Å². The molecule has 3 fully saturated rings. The third kappa shape index (κ3) is 3.80. The Morgan fingerprint density at radius 1 is 1.11 bits per heavy atom. The van der Waals surface area contributed by atoms with Crippen molar-refractivity contribution in [2.75, 3.05) is 33.7 Å². The average Bonchev–Trinajstić information content (AvgIpc) is 3.03. The molecule has 8 heteroatoms. The molecule has 146 valence electrons. The average molecular weight is 390 g/mol. The second kappa shape index (κ2) is 7.35. The van der Waals surface area contributed by atoms with Crippen LogP contribution in [-0.4, -0.2) is 71.5 Å². The first-order valence-corrected chi connectivity index (χ1v) is 10.8. The summed E-state index contributed by atoms with van der Waals surface area (Å²) in [6.45, 7) is 3.04. The second-order valence-electron chi connectivity index (χ2n) is 7.75. The molecule has 27 heavy (non-hydrogen) atoms. The molecule has 2 bridgehead atoms. The van der Waals surface area contributed by atoms with Crippen LogP contribution in [0.3, 0.4) is 0 Å². The molecule has 3 aliphatic rings. The Labute approximate surface area is 161 Å². The fourth-order valence-electron chi connectivity index (χ4n) is 4.16. The van der Waals surface area contributed by atoms with Crippen LogP contribution < -0.4 is 0 Å². The molecular weight excluding hydrogens is 362 g/mol. The number of benzene rings is 1. The lowest BCUT2D eigenvalue weighted by Gasteiger charge is -2.36. The van der Waals surface area contributed by atoms with Gasteiger partial charge in [-0.05, 0) is 42.5 Å². The van der Waals surface area contributed by atoms with E-state index in [2.05, 4.69) is 34.3 Å². The van der Waals surface area contributed by atoms with Gasteiger partial charge >= 0.3 is 0 Å². The summed E-state index contributed by atoms with van der Waals surface area (Å²) in [6, 6.07) is 10.6. The van der Waals surface area contributed by atoms with Crippen LogP contribution in [0, 0.1) is 5.92 Å². The smallest absolute Gasteiger partial charge is 0.281 e. The minimum absolute atomic E-state index is 0.282. The zero-order valence-corrected chi connectivity index (χ0v) is 16.7. The molecule has 2 atom stereocenters. The summed E-state index contributed by atoms with van der Waals surface area (Å²) in [5.74, 6) is 0.404. The lowest BCUT2D eigenvalue weighted by Crippen LogP contribution is -2.45. The van der Waals surface area contributed by atoms with E-state index in [1.807, 2.05) is 16.9 Å². The third-order valence-electron chi connectivity index (χ3n) is 5.67. The molecule has 0 spiro atoms. The Bertz CT molecular complexity index is 864. The molecule has 4 heterocycles. The molecule has 0 unspecified atom stereocenters. The highest BCUT2D eigenvalue weighted by Gasteiger charge is 2.39. The fraction of sp³-hybridized carbons (Fsp3) is 0.526. The van der Waals surface area contributed by atoms with E-state index in [4.69, 9.17) is 0 Å². The molecule has 1 aromatic carbocycles. The van der Waals surface area contributed by atoms with E-state index in [9.17, 15) is 8.42 Å². The highest BCUT2D eigenvalue weighted by Crippen LogP contribution is 2.30. The molecule has 0 saturated carbocycles. The fourth-order valence-corrected chi connectivity index (χ4v) is 5.38. The maximum Gasteiger partial charge on any atom is 0.281 e. The minimum Gasteiger partial charge on any atom is -0.294 e. The number of rotatable bonds is 5. The van der Waals surface area contributed by atoms with E-state index in [1.54, 1.807) is 24.6 Å². The highest BCUT2D eigenvalue weighted by molar-refractivity contribution is 7.86. The Morgan fingerprint density at radius 2 is 1.89 bits per heavy atom. The van der Waals surface area contributed by atoms with Crippen LogP contribution in [0.15, 0.2) is 42.7 Å². The van der Waals surface area contributed by atoms with Crippen molar-refractivity contribution in [2.45, 2.75) is 25.4 Å². The number of aromatic nitrogens is 2. The van der Waals surface area contributed by atoms with Gasteiger partial charge in [0, 0.05) is 58.7 Å². The van der Waals surface area contributed by atoms with Crippen molar-refractivity contribution in [3.8, 4) is 5.69 Å². The van der Waals surface area contributed by atoms with Crippen molar-refractivity contribution in [1.29, 1.82) is 0 Å². The summed E-state index contributed by atoms with van der Waals surface area (Å²) < 4.78 is 30.0. The summed E-state index contributed by atoms with van der Waals surface area (Å²) in [5, 5.41) is 4.26. The number of fused-ring (bicyclic) bond motifs is 4. The lowest BCUT2D eigenvalue weighted by molar-refractivity contribution is 0.125. The van der Waals surface area contributed by atoms with Gasteiger partial charge in [-0.3, -0.25) is 4.90 Å². The zero-order valence-electron chi connectivity index (χ0n) is 15.9. The predicted octanol–water partition coefficient (Wildman–Crippen LogP) is 1.57. The maximum absolute atomic E-state index is 12.6. The number of hydrogen-bond donors (Lipinski definition) is 0. The predicted molar refractivity (Wildman–Crippen MR) is 105 cm³/mol. The van der Waals surface area contributed by atoms with Crippen LogP contribution in [0.4, 0.5) is 0 Å². The summed E-state index contributed by atoms with van der Waals surface area (Å²) in [6.07, 6.45) is 5.88. The minimum atomic E-state index is -3.35. The standard InChI is InChI=1S/C19H27N5O2S/c1-21(2)27(25,26)23-14-17-6-9-19(15-23)22(13-17)12-16-4-7-18(8-5-16)24-11-3-10-20-24/h3-5,7-8,10-11,17,19H,6,9,12-15H2,1-2H3/t17-,19-/m0/s1. The van der Waals surface area contributed by atoms with E-state index in [0.717, 1.165) is 31.6 Å². The van der Waals surface area contributed by atoms with Crippen LogP contribution in [0.1, 0.15) is 18.4 Å². The van der Waals surface area contributed by atoms with Gasteiger partial charge in [0.25, 0.3) is 10.2 Å². The molecule has 0 aliphatic carbocycles. The van der Waals surface area contributed by atoms with Crippen molar-refractivity contribution < 1.29 is 8.42 Å². The van der Waals surface area contributed by atoms with Crippen molar-refractivity contribution in [3.63, 3.8) is 0 Å². The molecule has 3 saturated heterocycles. The summed E-state index contributed by atoms with van der Waals surface area (Å²) in [4.78, 5) is 2.46. The first kappa shape index (κ1) is 18.6. The Balaban J connectivity index is 1.47. The molecule has 7 nitrogen and oxygen atoms in total.